The number of nitrogens with zero attached hydrogens (tertiary/aromatic N) is 1. The first-order chi connectivity index (χ1) is 12.2. The zero-order valence-corrected chi connectivity index (χ0v) is 17.9. The summed E-state index contributed by atoms with van der Waals surface area (Å²) in [7, 11) is 3.44. The third-order valence-corrected chi connectivity index (χ3v) is 3.78. The fourth-order valence-corrected chi connectivity index (χ4v) is 2.37. The molecule has 0 aliphatic carbocycles. The van der Waals surface area contributed by atoms with Crippen molar-refractivity contribution in [2.75, 3.05) is 27.3 Å². The molecule has 0 aromatic heterocycles. The van der Waals surface area contributed by atoms with Gasteiger partial charge in [-0.1, -0.05) is 30.3 Å². The van der Waals surface area contributed by atoms with Crippen LogP contribution in [0.5, 0.6) is 11.5 Å². The second kappa shape index (κ2) is 12.4. The van der Waals surface area contributed by atoms with Gasteiger partial charge in [0, 0.05) is 20.1 Å². The minimum atomic E-state index is 0. The van der Waals surface area contributed by atoms with Crippen LogP contribution in [-0.2, 0) is 6.54 Å². The molecule has 0 aliphatic rings. The summed E-state index contributed by atoms with van der Waals surface area (Å²) in [4.78, 5) is 4.24. The first kappa shape index (κ1) is 22.1. The number of rotatable bonds is 8. The minimum absolute atomic E-state index is 0. The maximum atomic E-state index is 5.79. The van der Waals surface area contributed by atoms with Gasteiger partial charge in [-0.15, -0.1) is 24.0 Å². The summed E-state index contributed by atoms with van der Waals surface area (Å²) in [5.74, 6) is 2.58. The van der Waals surface area contributed by atoms with Gasteiger partial charge >= 0.3 is 0 Å². The molecule has 2 rings (SSSR count). The summed E-state index contributed by atoms with van der Waals surface area (Å²) in [5.41, 5.74) is 2.30. The van der Waals surface area contributed by atoms with E-state index in [2.05, 4.69) is 34.7 Å². The summed E-state index contributed by atoms with van der Waals surface area (Å²) in [6.45, 7) is 4.21. The van der Waals surface area contributed by atoms with Crippen molar-refractivity contribution in [1.29, 1.82) is 0 Å². The lowest BCUT2D eigenvalue weighted by Crippen LogP contribution is -2.37. The van der Waals surface area contributed by atoms with E-state index in [0.29, 0.717) is 13.2 Å². The Kier molecular flexibility index (Phi) is 10.5. The summed E-state index contributed by atoms with van der Waals surface area (Å²) in [5, 5.41) is 6.59. The summed E-state index contributed by atoms with van der Waals surface area (Å²) >= 11 is 0. The Morgan fingerprint density at radius 3 is 2.62 bits per heavy atom. The Labute approximate surface area is 173 Å². The van der Waals surface area contributed by atoms with Crippen LogP contribution < -0.4 is 20.1 Å². The molecular formula is C20H28IN3O2. The van der Waals surface area contributed by atoms with Gasteiger partial charge in [-0.2, -0.15) is 0 Å². The molecule has 0 heterocycles. The molecule has 0 saturated carbocycles. The number of halogens is 1. The van der Waals surface area contributed by atoms with Crippen molar-refractivity contribution in [2.45, 2.75) is 19.9 Å². The number of hydrogen-bond acceptors (Lipinski definition) is 3. The Bertz CT molecular complexity index is 692. The molecule has 6 heteroatoms. The fraction of sp³-hybridized carbons (Fsp3) is 0.350. The topological polar surface area (TPSA) is 54.9 Å². The molecular weight excluding hydrogens is 441 g/mol. The predicted molar refractivity (Wildman–Crippen MR) is 118 cm³/mol. The zero-order chi connectivity index (χ0) is 17.9. The highest BCUT2D eigenvalue weighted by molar-refractivity contribution is 14.0. The largest absolute Gasteiger partial charge is 0.497 e. The number of nitrogens with one attached hydrogen (secondary N) is 2. The molecule has 0 saturated heterocycles. The smallest absolute Gasteiger partial charge is 0.191 e. The van der Waals surface area contributed by atoms with Gasteiger partial charge < -0.3 is 20.1 Å². The van der Waals surface area contributed by atoms with Crippen molar-refractivity contribution in [1.82, 2.24) is 10.6 Å². The average Bonchev–Trinajstić information content (AvgIpc) is 2.65. The molecule has 2 N–H and O–H groups in total. The van der Waals surface area contributed by atoms with Crippen molar-refractivity contribution >= 4 is 29.9 Å². The lowest BCUT2D eigenvalue weighted by molar-refractivity contribution is 0.309. The highest BCUT2D eigenvalue weighted by Gasteiger charge is 2.01. The van der Waals surface area contributed by atoms with Crippen molar-refractivity contribution < 1.29 is 9.47 Å². The van der Waals surface area contributed by atoms with Crippen LogP contribution in [0.15, 0.2) is 53.5 Å². The predicted octanol–water partition coefficient (Wildman–Crippen LogP) is 3.76. The van der Waals surface area contributed by atoms with E-state index < -0.39 is 0 Å². The number of benzene rings is 2. The number of guanidine groups is 1. The zero-order valence-electron chi connectivity index (χ0n) is 15.6. The van der Waals surface area contributed by atoms with Gasteiger partial charge in [-0.05, 0) is 42.7 Å². The summed E-state index contributed by atoms with van der Waals surface area (Å²) < 4.78 is 11.0. The third-order valence-electron chi connectivity index (χ3n) is 3.78. The quantitative estimate of drug-likeness (QED) is 0.268. The first-order valence-electron chi connectivity index (χ1n) is 8.49. The van der Waals surface area contributed by atoms with Crippen LogP contribution in [0.1, 0.15) is 17.5 Å². The van der Waals surface area contributed by atoms with Crippen LogP contribution in [0.4, 0.5) is 0 Å². The number of hydrogen-bond donors (Lipinski definition) is 2. The number of aryl methyl sites for hydroxylation is 1. The van der Waals surface area contributed by atoms with E-state index in [0.717, 1.165) is 41.6 Å². The molecule has 142 valence electrons. The van der Waals surface area contributed by atoms with Gasteiger partial charge in [0.25, 0.3) is 0 Å². The van der Waals surface area contributed by atoms with Gasteiger partial charge in [0.05, 0.1) is 13.7 Å². The second-order valence-corrected chi connectivity index (χ2v) is 5.67. The maximum absolute atomic E-state index is 5.79. The van der Waals surface area contributed by atoms with Crippen LogP contribution in [0.25, 0.3) is 0 Å². The van der Waals surface area contributed by atoms with Crippen LogP contribution in [-0.4, -0.2) is 33.3 Å². The molecule has 2 aromatic carbocycles. The fourth-order valence-electron chi connectivity index (χ4n) is 2.37. The maximum Gasteiger partial charge on any atom is 0.191 e. The minimum Gasteiger partial charge on any atom is -0.497 e. The van der Waals surface area contributed by atoms with Gasteiger partial charge in [0.2, 0.25) is 0 Å². The summed E-state index contributed by atoms with van der Waals surface area (Å²) in [6, 6.07) is 16.0. The van der Waals surface area contributed by atoms with E-state index >= 15 is 0 Å². The van der Waals surface area contributed by atoms with Crippen molar-refractivity contribution in [3.05, 3.63) is 59.7 Å². The number of methoxy groups -OCH3 is 1. The van der Waals surface area contributed by atoms with Crippen molar-refractivity contribution in [3.63, 3.8) is 0 Å². The number of para-hydroxylation sites is 1. The lowest BCUT2D eigenvalue weighted by atomic mass is 10.2. The number of aliphatic imine (C=N–C) groups is 1. The van der Waals surface area contributed by atoms with Crippen LogP contribution in [0.2, 0.25) is 0 Å². The van der Waals surface area contributed by atoms with E-state index in [1.54, 1.807) is 14.2 Å². The van der Waals surface area contributed by atoms with Gasteiger partial charge in [0.1, 0.15) is 11.5 Å². The lowest BCUT2D eigenvalue weighted by Gasteiger charge is -2.13. The first-order valence-corrected chi connectivity index (χ1v) is 8.49. The Hall–Kier alpha value is -1.96. The number of ether oxygens (including phenoxy) is 2. The molecule has 0 spiro atoms. The third kappa shape index (κ3) is 7.51. The van der Waals surface area contributed by atoms with Crippen molar-refractivity contribution in [2.24, 2.45) is 4.99 Å². The van der Waals surface area contributed by atoms with Crippen LogP contribution >= 0.6 is 24.0 Å². The average molecular weight is 469 g/mol. The molecule has 2 aromatic rings. The van der Waals surface area contributed by atoms with Crippen LogP contribution in [0.3, 0.4) is 0 Å². The molecule has 0 unspecified atom stereocenters. The monoisotopic (exact) mass is 469 g/mol. The molecule has 0 aliphatic heterocycles. The van der Waals surface area contributed by atoms with Crippen molar-refractivity contribution in [3.8, 4) is 11.5 Å². The molecule has 0 amide bonds. The molecule has 0 atom stereocenters. The molecule has 0 bridgehead atoms. The van der Waals surface area contributed by atoms with E-state index in [-0.39, 0.29) is 24.0 Å². The Balaban J connectivity index is 0.00000338. The summed E-state index contributed by atoms with van der Waals surface area (Å²) in [6.07, 6.45) is 0.897. The van der Waals surface area contributed by atoms with Gasteiger partial charge in [0.15, 0.2) is 5.96 Å². The Morgan fingerprint density at radius 2 is 1.88 bits per heavy atom. The van der Waals surface area contributed by atoms with Gasteiger partial charge in [-0.25, -0.2) is 0 Å². The van der Waals surface area contributed by atoms with E-state index in [1.165, 1.54) is 0 Å². The standard InChI is InChI=1S/C20H27N3O2.HI/c1-16-8-4-5-11-19(16)25-13-7-12-22-20(21-2)23-15-17-9-6-10-18(14-17)24-3;/h4-6,8-11,14H,7,12-13,15H2,1-3H3,(H2,21,22,23);1H. The SMILES string of the molecule is CN=C(NCCCOc1ccccc1C)NCc1cccc(OC)c1.I. The molecule has 26 heavy (non-hydrogen) atoms. The second-order valence-electron chi connectivity index (χ2n) is 5.67. The van der Waals surface area contributed by atoms with E-state index in [9.17, 15) is 0 Å². The van der Waals surface area contributed by atoms with Crippen LogP contribution in [0, 0.1) is 6.92 Å². The molecule has 0 fully saturated rings. The Morgan fingerprint density at radius 1 is 1.08 bits per heavy atom. The van der Waals surface area contributed by atoms with E-state index in [4.69, 9.17) is 9.47 Å². The molecule has 0 radical (unpaired) electrons. The van der Waals surface area contributed by atoms with E-state index in [1.807, 2.05) is 36.4 Å². The highest BCUT2D eigenvalue weighted by atomic mass is 127. The highest BCUT2D eigenvalue weighted by Crippen LogP contribution is 2.16. The molecule has 5 nitrogen and oxygen atoms in total. The normalized spacial score (nSPS) is 10.7. The van der Waals surface area contributed by atoms with Gasteiger partial charge in [-0.3, -0.25) is 4.99 Å².